The third-order valence-corrected chi connectivity index (χ3v) is 2.19. The molecule has 0 bridgehead atoms. The van der Waals surface area contributed by atoms with Gasteiger partial charge in [-0.05, 0) is 25.9 Å². The van der Waals surface area contributed by atoms with Crippen molar-refractivity contribution in [3.63, 3.8) is 0 Å². The summed E-state index contributed by atoms with van der Waals surface area (Å²) in [6, 6.07) is 0. The lowest BCUT2D eigenvalue weighted by Crippen LogP contribution is -2.32. The Morgan fingerprint density at radius 3 is 2.17 bits per heavy atom. The van der Waals surface area contributed by atoms with Crippen molar-refractivity contribution < 1.29 is 9.59 Å². The fourth-order valence-electron chi connectivity index (χ4n) is 1.34. The van der Waals surface area contributed by atoms with Crippen molar-refractivity contribution in [2.75, 3.05) is 26.7 Å². The minimum atomic E-state index is -0.00838. The molecule has 0 spiro atoms. The molecule has 0 unspecified atom stereocenters. The third kappa shape index (κ3) is 13.3. The first-order valence-corrected chi connectivity index (χ1v) is 6.24. The number of nitrogens with one attached hydrogen (secondary N) is 3. The predicted molar refractivity (Wildman–Crippen MR) is 75.9 cm³/mol. The monoisotopic (exact) mass is 279 g/mol. The molecule has 0 rings (SSSR count). The molecular weight excluding hydrogens is 254 g/mol. The summed E-state index contributed by atoms with van der Waals surface area (Å²) in [4.78, 5) is 22.6. The van der Waals surface area contributed by atoms with Crippen LogP contribution in [0.2, 0.25) is 0 Å². The Kier molecular flexibility index (Phi) is 13.7. The largest absolute Gasteiger partial charge is 0.356 e. The normalized spacial score (nSPS) is 9.78. The molecule has 0 aromatic carbocycles. The second-order valence-corrected chi connectivity index (χ2v) is 4.50. The molecule has 0 atom stereocenters. The molecule has 0 fully saturated rings. The van der Waals surface area contributed by atoms with Crippen LogP contribution in [0.15, 0.2) is 0 Å². The molecule has 0 radical (unpaired) electrons. The molecule has 0 aliphatic heterocycles. The van der Waals surface area contributed by atoms with Gasteiger partial charge >= 0.3 is 0 Å². The second kappa shape index (κ2) is 12.6. The summed E-state index contributed by atoms with van der Waals surface area (Å²) in [7, 11) is 1.88. The number of hydrogen-bond donors (Lipinski definition) is 3. The van der Waals surface area contributed by atoms with Crippen LogP contribution in [-0.2, 0) is 9.59 Å². The zero-order chi connectivity index (χ0) is 13.1. The van der Waals surface area contributed by atoms with E-state index in [1.54, 1.807) is 0 Å². The van der Waals surface area contributed by atoms with Gasteiger partial charge in [-0.25, -0.2) is 0 Å². The molecule has 0 aromatic rings. The fourth-order valence-corrected chi connectivity index (χ4v) is 1.34. The Bertz CT molecular complexity index is 235. The SMILES string of the molecule is CNCCCNC(=O)CCNC(=O)CC(C)C.Cl. The van der Waals surface area contributed by atoms with Gasteiger partial charge in [0.2, 0.25) is 11.8 Å². The second-order valence-electron chi connectivity index (χ2n) is 4.50. The van der Waals surface area contributed by atoms with E-state index < -0.39 is 0 Å². The maximum atomic E-state index is 11.3. The minimum absolute atomic E-state index is 0. The van der Waals surface area contributed by atoms with Gasteiger partial charge in [0.05, 0.1) is 0 Å². The van der Waals surface area contributed by atoms with Crippen molar-refractivity contribution in [3.05, 3.63) is 0 Å². The number of carbonyl (C=O) groups is 2. The van der Waals surface area contributed by atoms with Gasteiger partial charge in [-0.1, -0.05) is 13.8 Å². The predicted octanol–water partition coefficient (Wildman–Crippen LogP) is 0.686. The molecular formula is C12H26ClN3O2. The highest BCUT2D eigenvalue weighted by molar-refractivity contribution is 5.85. The van der Waals surface area contributed by atoms with Crippen molar-refractivity contribution in [2.24, 2.45) is 5.92 Å². The smallest absolute Gasteiger partial charge is 0.221 e. The van der Waals surface area contributed by atoms with E-state index in [1.807, 2.05) is 20.9 Å². The van der Waals surface area contributed by atoms with Crippen molar-refractivity contribution in [3.8, 4) is 0 Å². The summed E-state index contributed by atoms with van der Waals surface area (Å²) in [6.45, 7) is 5.98. The van der Waals surface area contributed by atoms with Gasteiger partial charge in [-0.15, -0.1) is 12.4 Å². The molecule has 0 aromatic heterocycles. The topological polar surface area (TPSA) is 70.2 Å². The molecule has 3 N–H and O–H groups in total. The van der Waals surface area contributed by atoms with Crippen molar-refractivity contribution in [1.82, 2.24) is 16.0 Å². The molecule has 0 saturated carbocycles. The lowest BCUT2D eigenvalue weighted by Gasteiger charge is -2.07. The van der Waals surface area contributed by atoms with Crippen LogP contribution in [0, 0.1) is 5.92 Å². The zero-order valence-corrected chi connectivity index (χ0v) is 12.4. The lowest BCUT2D eigenvalue weighted by atomic mass is 10.1. The van der Waals surface area contributed by atoms with Crippen LogP contribution in [0.3, 0.4) is 0 Å². The van der Waals surface area contributed by atoms with Gasteiger partial charge in [0.25, 0.3) is 0 Å². The quantitative estimate of drug-likeness (QED) is 0.544. The standard InChI is InChI=1S/C12H25N3O2.ClH/c1-10(2)9-12(17)15-8-5-11(16)14-7-4-6-13-3;/h10,13H,4-9H2,1-3H3,(H,14,16)(H,15,17);1H. The van der Waals surface area contributed by atoms with Crippen molar-refractivity contribution in [1.29, 1.82) is 0 Å². The van der Waals surface area contributed by atoms with E-state index >= 15 is 0 Å². The Morgan fingerprint density at radius 2 is 1.61 bits per heavy atom. The van der Waals surface area contributed by atoms with Crippen LogP contribution in [-0.4, -0.2) is 38.5 Å². The Morgan fingerprint density at radius 1 is 1.00 bits per heavy atom. The van der Waals surface area contributed by atoms with Gasteiger partial charge in [0.1, 0.15) is 0 Å². The summed E-state index contributed by atoms with van der Waals surface area (Å²) in [5.74, 6) is 0.360. The van der Waals surface area contributed by atoms with E-state index in [1.165, 1.54) is 0 Å². The minimum Gasteiger partial charge on any atom is -0.356 e. The summed E-state index contributed by atoms with van der Waals surface area (Å²) in [5, 5.41) is 8.55. The summed E-state index contributed by atoms with van der Waals surface area (Å²) < 4.78 is 0. The van der Waals surface area contributed by atoms with Crippen LogP contribution in [0.25, 0.3) is 0 Å². The van der Waals surface area contributed by atoms with Gasteiger partial charge < -0.3 is 16.0 Å². The first-order valence-electron chi connectivity index (χ1n) is 6.24. The highest BCUT2D eigenvalue weighted by Gasteiger charge is 2.05. The van der Waals surface area contributed by atoms with Crippen LogP contribution in [0.5, 0.6) is 0 Å². The van der Waals surface area contributed by atoms with E-state index in [2.05, 4.69) is 16.0 Å². The fraction of sp³-hybridized carbons (Fsp3) is 0.833. The van der Waals surface area contributed by atoms with E-state index in [0.29, 0.717) is 31.8 Å². The van der Waals surface area contributed by atoms with Crippen molar-refractivity contribution in [2.45, 2.75) is 33.1 Å². The Balaban J connectivity index is 0. The van der Waals surface area contributed by atoms with Crippen LogP contribution < -0.4 is 16.0 Å². The molecule has 0 aliphatic rings. The molecule has 0 saturated heterocycles. The average Bonchev–Trinajstić information content (AvgIpc) is 2.23. The van der Waals surface area contributed by atoms with Gasteiger partial charge in [0.15, 0.2) is 0 Å². The summed E-state index contributed by atoms with van der Waals surface area (Å²) >= 11 is 0. The molecule has 2 amide bonds. The van der Waals surface area contributed by atoms with E-state index in [0.717, 1.165) is 13.0 Å². The van der Waals surface area contributed by atoms with Crippen molar-refractivity contribution >= 4 is 24.2 Å². The number of hydrogen-bond acceptors (Lipinski definition) is 3. The Hall–Kier alpha value is -0.810. The first-order chi connectivity index (χ1) is 8.06. The summed E-state index contributed by atoms with van der Waals surface area (Å²) in [5.41, 5.74) is 0. The maximum absolute atomic E-state index is 11.3. The number of carbonyl (C=O) groups excluding carboxylic acids is 2. The molecule has 0 aliphatic carbocycles. The van der Waals surface area contributed by atoms with E-state index in [-0.39, 0.29) is 24.2 Å². The van der Waals surface area contributed by atoms with Crippen LogP contribution in [0.1, 0.15) is 33.1 Å². The number of halogens is 1. The van der Waals surface area contributed by atoms with E-state index in [9.17, 15) is 9.59 Å². The summed E-state index contributed by atoms with van der Waals surface area (Å²) in [6.07, 6.45) is 1.79. The molecule has 108 valence electrons. The highest BCUT2D eigenvalue weighted by Crippen LogP contribution is 1.97. The van der Waals surface area contributed by atoms with Crippen LogP contribution >= 0.6 is 12.4 Å². The lowest BCUT2D eigenvalue weighted by molar-refractivity contribution is -0.122. The average molecular weight is 280 g/mol. The van der Waals surface area contributed by atoms with Gasteiger partial charge in [-0.3, -0.25) is 9.59 Å². The molecule has 5 nitrogen and oxygen atoms in total. The maximum Gasteiger partial charge on any atom is 0.221 e. The highest BCUT2D eigenvalue weighted by atomic mass is 35.5. The number of amides is 2. The zero-order valence-electron chi connectivity index (χ0n) is 11.5. The molecule has 0 heterocycles. The van der Waals surface area contributed by atoms with E-state index in [4.69, 9.17) is 0 Å². The third-order valence-electron chi connectivity index (χ3n) is 2.19. The number of rotatable bonds is 9. The first kappa shape index (κ1) is 19.5. The molecule has 6 heteroatoms. The van der Waals surface area contributed by atoms with Gasteiger partial charge in [0, 0.05) is 25.9 Å². The van der Waals surface area contributed by atoms with Crippen LogP contribution in [0.4, 0.5) is 0 Å². The van der Waals surface area contributed by atoms with Gasteiger partial charge in [-0.2, -0.15) is 0 Å². The molecule has 18 heavy (non-hydrogen) atoms. The Labute approximate surface area is 116 Å².